The summed E-state index contributed by atoms with van der Waals surface area (Å²) in [4.78, 5) is 0. The third-order valence-corrected chi connectivity index (χ3v) is 0.667. The Kier molecular flexibility index (Phi) is 74.9. The molecular formula is C8H14Cl4. The van der Waals surface area contributed by atoms with Gasteiger partial charge < -0.3 is 0 Å². The van der Waals surface area contributed by atoms with Crippen molar-refractivity contribution in [2.75, 3.05) is 0 Å². The van der Waals surface area contributed by atoms with Gasteiger partial charge in [0.15, 0.2) is 0 Å². The summed E-state index contributed by atoms with van der Waals surface area (Å²) in [6, 6.07) is 12.0. The Labute approximate surface area is 99.1 Å². The van der Waals surface area contributed by atoms with Crippen LogP contribution >= 0.6 is 49.6 Å². The van der Waals surface area contributed by atoms with Crippen molar-refractivity contribution in [1.29, 1.82) is 0 Å². The van der Waals surface area contributed by atoms with Gasteiger partial charge in [0.1, 0.15) is 0 Å². The molecule has 1 aromatic rings. The summed E-state index contributed by atoms with van der Waals surface area (Å²) in [5, 5.41) is 0. The van der Waals surface area contributed by atoms with Crippen LogP contribution in [0, 0.1) is 0 Å². The van der Waals surface area contributed by atoms with E-state index in [-0.39, 0.29) is 49.6 Å². The number of hydrogen-bond acceptors (Lipinski definition) is 0. The summed E-state index contributed by atoms with van der Waals surface area (Å²) in [5.74, 6) is 0. The Morgan fingerprint density at radius 2 is 0.500 bits per heavy atom. The summed E-state index contributed by atoms with van der Waals surface area (Å²) in [6.07, 6.45) is 0. The van der Waals surface area contributed by atoms with E-state index >= 15 is 0 Å². The van der Waals surface area contributed by atoms with Crippen LogP contribution in [-0.4, -0.2) is 0 Å². The van der Waals surface area contributed by atoms with Crippen molar-refractivity contribution in [2.45, 2.75) is 0 Å². The van der Waals surface area contributed by atoms with Crippen LogP contribution in [0.4, 0.5) is 0 Å². The van der Waals surface area contributed by atoms with Crippen LogP contribution in [-0.2, 0) is 0 Å². The van der Waals surface area contributed by atoms with Crippen molar-refractivity contribution in [3.63, 3.8) is 0 Å². The fourth-order valence-corrected chi connectivity index (χ4v) is 0.385. The highest BCUT2D eigenvalue weighted by molar-refractivity contribution is 5.86. The molecule has 4 heteroatoms. The predicted octanol–water partition coefficient (Wildman–Crippen LogP) is 4.18. The maximum atomic E-state index is 3.00. The molecule has 0 unspecified atom stereocenters. The van der Waals surface area contributed by atoms with E-state index in [9.17, 15) is 0 Å². The summed E-state index contributed by atoms with van der Waals surface area (Å²) < 4.78 is 0. The zero-order valence-corrected chi connectivity index (χ0v) is 9.78. The van der Waals surface area contributed by atoms with E-state index in [1.165, 1.54) is 0 Å². The maximum absolute atomic E-state index is 3.00. The molecule has 1 aromatic carbocycles. The molecule has 1 rings (SSSR count). The number of benzene rings is 1. The maximum Gasteiger partial charge on any atom is -0.0623 e. The average molecular weight is 252 g/mol. The Morgan fingerprint density at radius 1 is 0.417 bits per heavy atom. The minimum absolute atomic E-state index is 0. The molecule has 12 heavy (non-hydrogen) atoms. The van der Waals surface area contributed by atoms with Gasteiger partial charge in [-0.1, -0.05) is 36.4 Å². The molecule has 74 valence electrons. The Morgan fingerprint density at radius 3 is 0.583 bits per heavy atom. The average Bonchev–Trinajstić information content (AvgIpc) is 1.96. The van der Waals surface area contributed by atoms with E-state index in [0.29, 0.717) is 0 Å². The van der Waals surface area contributed by atoms with E-state index in [1.807, 2.05) is 36.4 Å². The van der Waals surface area contributed by atoms with E-state index in [2.05, 4.69) is 13.2 Å². The smallest absolute Gasteiger partial charge is 0.0623 e. The molecule has 0 radical (unpaired) electrons. The van der Waals surface area contributed by atoms with Gasteiger partial charge in [0, 0.05) is 0 Å². The third kappa shape index (κ3) is 22.5. The molecule has 0 aliphatic carbocycles. The van der Waals surface area contributed by atoms with Crippen LogP contribution < -0.4 is 0 Å². The van der Waals surface area contributed by atoms with E-state index < -0.39 is 0 Å². The van der Waals surface area contributed by atoms with Crippen molar-refractivity contribution >= 4 is 49.6 Å². The van der Waals surface area contributed by atoms with E-state index in [0.717, 1.165) is 0 Å². The zero-order valence-electron chi connectivity index (χ0n) is 6.51. The molecule has 0 aromatic heterocycles. The molecule has 0 atom stereocenters. The fraction of sp³-hybridized carbons (Fsp3) is 0. The van der Waals surface area contributed by atoms with Crippen LogP contribution in [0.1, 0.15) is 0 Å². The number of halogens is 4. The standard InChI is InChI=1S/C6H6.C2H4.4ClH/c1-2-4-6-5-3-1;1-2;;;;/h1-6H;1-2H2;4*1H. The van der Waals surface area contributed by atoms with Crippen LogP contribution in [0.25, 0.3) is 0 Å². The summed E-state index contributed by atoms with van der Waals surface area (Å²) >= 11 is 0. The first-order chi connectivity index (χ1) is 4.00. The lowest BCUT2D eigenvalue weighted by atomic mass is 10.4. The van der Waals surface area contributed by atoms with Crippen molar-refractivity contribution in [2.24, 2.45) is 0 Å². The number of hydrogen-bond donors (Lipinski definition) is 0. The van der Waals surface area contributed by atoms with Crippen molar-refractivity contribution in [3.05, 3.63) is 49.6 Å². The highest BCUT2D eigenvalue weighted by atomic mass is 35.5. The van der Waals surface area contributed by atoms with Crippen molar-refractivity contribution in [3.8, 4) is 0 Å². The lowest BCUT2D eigenvalue weighted by Crippen LogP contribution is -1.47. The molecular weight excluding hydrogens is 238 g/mol. The molecule has 0 aliphatic rings. The lowest BCUT2D eigenvalue weighted by Gasteiger charge is -1.69. The van der Waals surface area contributed by atoms with Crippen molar-refractivity contribution < 1.29 is 0 Å². The monoisotopic (exact) mass is 250 g/mol. The molecule has 0 amide bonds. The molecule has 0 bridgehead atoms. The summed E-state index contributed by atoms with van der Waals surface area (Å²) in [7, 11) is 0. The first-order valence-corrected chi connectivity index (χ1v) is 2.50. The minimum Gasteiger partial charge on any atom is -0.147 e. The molecule has 0 saturated heterocycles. The second-order valence-electron chi connectivity index (χ2n) is 1.15. The first kappa shape index (κ1) is 29.6. The van der Waals surface area contributed by atoms with Gasteiger partial charge in [0.25, 0.3) is 0 Å². The highest BCUT2D eigenvalue weighted by Gasteiger charge is 1.57. The quantitative estimate of drug-likeness (QED) is 0.607. The highest BCUT2D eigenvalue weighted by Crippen LogP contribution is 1.79. The van der Waals surface area contributed by atoms with Gasteiger partial charge in [-0.25, -0.2) is 0 Å². The third-order valence-electron chi connectivity index (χ3n) is 0.667. The van der Waals surface area contributed by atoms with Crippen LogP contribution in [0.5, 0.6) is 0 Å². The zero-order chi connectivity index (χ0) is 6.24. The minimum atomic E-state index is 0. The second kappa shape index (κ2) is 30.4. The largest absolute Gasteiger partial charge is 0.147 e. The van der Waals surface area contributed by atoms with Crippen LogP contribution in [0.15, 0.2) is 49.6 Å². The molecule has 0 fully saturated rings. The molecule has 0 spiro atoms. The molecule has 0 aliphatic heterocycles. The second-order valence-corrected chi connectivity index (χ2v) is 1.15. The molecule has 0 N–H and O–H groups in total. The van der Waals surface area contributed by atoms with Crippen molar-refractivity contribution in [1.82, 2.24) is 0 Å². The van der Waals surface area contributed by atoms with Gasteiger partial charge in [0.05, 0.1) is 0 Å². The predicted molar refractivity (Wildman–Crippen MR) is 66.7 cm³/mol. The van der Waals surface area contributed by atoms with E-state index in [4.69, 9.17) is 0 Å². The van der Waals surface area contributed by atoms with Gasteiger partial charge in [-0.15, -0.1) is 62.8 Å². The Balaban J connectivity index is -0.0000000257. The van der Waals surface area contributed by atoms with Gasteiger partial charge in [0.2, 0.25) is 0 Å². The van der Waals surface area contributed by atoms with Gasteiger partial charge >= 0.3 is 0 Å². The topological polar surface area (TPSA) is 0 Å². The lowest BCUT2D eigenvalue weighted by molar-refractivity contribution is 1.72. The molecule has 0 nitrogen and oxygen atoms in total. The summed E-state index contributed by atoms with van der Waals surface area (Å²) in [5.41, 5.74) is 0. The van der Waals surface area contributed by atoms with Gasteiger partial charge in [-0.05, 0) is 0 Å². The summed E-state index contributed by atoms with van der Waals surface area (Å²) in [6.45, 7) is 6.00. The SMILES string of the molecule is C=C.Cl.Cl.Cl.Cl.c1ccccc1. The van der Waals surface area contributed by atoms with E-state index in [1.54, 1.807) is 0 Å². The Hall–Kier alpha value is 0.120. The van der Waals surface area contributed by atoms with Gasteiger partial charge in [-0.3, -0.25) is 0 Å². The fourth-order valence-electron chi connectivity index (χ4n) is 0.385. The normalized spacial score (nSPS) is 4.33. The molecule has 0 heterocycles. The van der Waals surface area contributed by atoms with Crippen LogP contribution in [0.3, 0.4) is 0 Å². The first-order valence-electron chi connectivity index (χ1n) is 2.50. The number of rotatable bonds is 0. The Bertz CT molecular complexity index is 93.9. The molecule has 0 saturated carbocycles. The van der Waals surface area contributed by atoms with Gasteiger partial charge in [-0.2, -0.15) is 0 Å². The van der Waals surface area contributed by atoms with Crippen LogP contribution in [0.2, 0.25) is 0 Å².